The van der Waals surface area contributed by atoms with Crippen LogP contribution in [0.15, 0.2) is 91.0 Å². The van der Waals surface area contributed by atoms with Crippen LogP contribution in [0.2, 0.25) is 0 Å². The molecule has 0 saturated heterocycles. The van der Waals surface area contributed by atoms with Gasteiger partial charge in [0, 0.05) is 24.0 Å². The Balaban J connectivity index is 1.71. The van der Waals surface area contributed by atoms with Crippen LogP contribution in [-0.4, -0.2) is 0 Å². The molecule has 0 aliphatic carbocycles. The van der Waals surface area contributed by atoms with Crippen molar-refractivity contribution >= 4 is 0 Å². The van der Waals surface area contributed by atoms with Gasteiger partial charge in [0.2, 0.25) is 0 Å². The smallest absolute Gasteiger partial charge is 0.0245 e. The number of aryl methyl sites for hydroxylation is 1. The molecule has 0 heteroatoms. The van der Waals surface area contributed by atoms with E-state index in [-0.39, 0.29) is 0 Å². The summed E-state index contributed by atoms with van der Waals surface area (Å²) in [5.74, 6) is 13.1. The highest BCUT2D eigenvalue weighted by Crippen LogP contribution is 2.33. The lowest BCUT2D eigenvalue weighted by Gasteiger charge is -2.12. The summed E-state index contributed by atoms with van der Waals surface area (Å²) in [4.78, 5) is 0. The number of hydrogen-bond acceptors (Lipinski definition) is 0. The van der Waals surface area contributed by atoms with Gasteiger partial charge in [-0.1, -0.05) is 99.4 Å². The van der Waals surface area contributed by atoms with E-state index in [1.807, 2.05) is 0 Å². The Labute approximate surface area is 230 Å². The van der Waals surface area contributed by atoms with E-state index in [9.17, 15) is 0 Å². The molecule has 190 valence electrons. The minimum Gasteiger partial charge on any atom is -0.0979 e. The Morgan fingerprint density at radius 3 is 1.21 bits per heavy atom. The van der Waals surface area contributed by atoms with Gasteiger partial charge in [-0.2, -0.15) is 0 Å². The molecular formula is C38H38. The van der Waals surface area contributed by atoms with Gasteiger partial charge in [-0.25, -0.2) is 0 Å². The number of benzene rings is 4. The Hall–Kier alpha value is -4.00. The molecule has 0 radical (unpaired) electrons. The van der Waals surface area contributed by atoms with E-state index in [0.717, 1.165) is 43.2 Å². The first-order valence-corrected chi connectivity index (χ1v) is 14.1. The molecule has 4 aromatic carbocycles. The van der Waals surface area contributed by atoms with Gasteiger partial charge in [0.15, 0.2) is 0 Å². The predicted octanol–water partition coefficient (Wildman–Crippen LogP) is 10.3. The minimum atomic E-state index is 0.938. The maximum absolute atomic E-state index is 3.28. The van der Waals surface area contributed by atoms with E-state index in [4.69, 9.17) is 0 Å². The Morgan fingerprint density at radius 1 is 0.447 bits per heavy atom. The molecular weight excluding hydrogens is 456 g/mol. The van der Waals surface area contributed by atoms with Crippen molar-refractivity contribution in [1.82, 2.24) is 0 Å². The third-order valence-electron chi connectivity index (χ3n) is 6.69. The molecule has 0 amide bonds. The SMILES string of the molecule is CCCC#Cc1ccc(-c2cc(-c3ccc(C#CCCC)cc3)cc(-c3ccc(CCCC)cc3)c2)cc1. The molecule has 0 bridgehead atoms. The van der Waals surface area contributed by atoms with Crippen LogP contribution in [0.4, 0.5) is 0 Å². The first-order chi connectivity index (χ1) is 18.7. The standard InChI is InChI=1S/C38H38/c1-4-7-10-13-31-17-23-34(24-18-31)37-27-36(33-21-15-30(16-22-33)12-9-6-3)28-38(29-37)35-25-19-32(20-26-35)14-11-8-5-2/h15-29H,4-9,12H2,1-3H3. The molecule has 38 heavy (non-hydrogen) atoms. The van der Waals surface area contributed by atoms with Gasteiger partial charge >= 0.3 is 0 Å². The predicted molar refractivity (Wildman–Crippen MR) is 165 cm³/mol. The van der Waals surface area contributed by atoms with Gasteiger partial charge in [0.1, 0.15) is 0 Å². The van der Waals surface area contributed by atoms with E-state index >= 15 is 0 Å². The molecule has 0 aliphatic rings. The largest absolute Gasteiger partial charge is 0.0979 e. The number of hydrogen-bond donors (Lipinski definition) is 0. The fourth-order valence-corrected chi connectivity index (χ4v) is 4.44. The molecule has 0 unspecified atom stereocenters. The lowest BCUT2D eigenvalue weighted by molar-refractivity contribution is 0.795. The normalized spacial score (nSPS) is 10.3. The van der Waals surface area contributed by atoms with Gasteiger partial charge in [0.05, 0.1) is 0 Å². The molecule has 0 atom stereocenters. The number of rotatable bonds is 8. The van der Waals surface area contributed by atoms with E-state index in [1.54, 1.807) is 0 Å². The van der Waals surface area contributed by atoms with Crippen LogP contribution in [-0.2, 0) is 6.42 Å². The first kappa shape index (κ1) is 27.0. The molecule has 0 aliphatic heterocycles. The molecule has 0 fully saturated rings. The third-order valence-corrected chi connectivity index (χ3v) is 6.69. The fraction of sp³-hybridized carbons (Fsp3) is 0.263. The van der Waals surface area contributed by atoms with Crippen LogP contribution < -0.4 is 0 Å². The molecule has 4 rings (SSSR count). The molecule has 0 saturated carbocycles. The van der Waals surface area contributed by atoms with Crippen molar-refractivity contribution in [1.29, 1.82) is 0 Å². The average molecular weight is 495 g/mol. The van der Waals surface area contributed by atoms with Crippen molar-refractivity contribution in [3.8, 4) is 57.1 Å². The molecule has 0 nitrogen and oxygen atoms in total. The lowest BCUT2D eigenvalue weighted by atomic mass is 9.92. The van der Waals surface area contributed by atoms with E-state index in [1.165, 1.54) is 51.8 Å². The van der Waals surface area contributed by atoms with Gasteiger partial charge < -0.3 is 0 Å². The highest BCUT2D eigenvalue weighted by molar-refractivity contribution is 5.81. The highest BCUT2D eigenvalue weighted by atomic mass is 14.1. The molecule has 0 heterocycles. The van der Waals surface area contributed by atoms with Crippen molar-refractivity contribution in [3.05, 3.63) is 108 Å². The average Bonchev–Trinajstić information content (AvgIpc) is 2.97. The zero-order chi connectivity index (χ0) is 26.6. The van der Waals surface area contributed by atoms with Crippen LogP contribution in [0.25, 0.3) is 33.4 Å². The highest BCUT2D eigenvalue weighted by Gasteiger charge is 2.08. The monoisotopic (exact) mass is 494 g/mol. The maximum atomic E-state index is 3.28. The molecule has 0 N–H and O–H groups in total. The lowest BCUT2D eigenvalue weighted by Crippen LogP contribution is -1.88. The van der Waals surface area contributed by atoms with Crippen molar-refractivity contribution in [2.75, 3.05) is 0 Å². The summed E-state index contributed by atoms with van der Waals surface area (Å²) in [6.45, 7) is 6.57. The number of unbranched alkanes of at least 4 members (excludes halogenated alkanes) is 3. The van der Waals surface area contributed by atoms with Gasteiger partial charge in [0.25, 0.3) is 0 Å². The Bertz CT molecular complexity index is 1340. The van der Waals surface area contributed by atoms with Gasteiger partial charge in [-0.05, 0) is 107 Å². The van der Waals surface area contributed by atoms with Crippen LogP contribution in [0.5, 0.6) is 0 Å². The fourth-order valence-electron chi connectivity index (χ4n) is 4.44. The topological polar surface area (TPSA) is 0 Å². The second-order valence-corrected chi connectivity index (χ2v) is 9.86. The zero-order valence-electron chi connectivity index (χ0n) is 23.1. The van der Waals surface area contributed by atoms with Crippen LogP contribution in [0.1, 0.15) is 76.0 Å². The van der Waals surface area contributed by atoms with Crippen LogP contribution >= 0.6 is 0 Å². The molecule has 4 aromatic rings. The summed E-state index contributed by atoms with van der Waals surface area (Å²) in [6.07, 6.45) is 7.65. The first-order valence-electron chi connectivity index (χ1n) is 14.1. The van der Waals surface area contributed by atoms with Crippen molar-refractivity contribution in [3.63, 3.8) is 0 Å². The van der Waals surface area contributed by atoms with Crippen molar-refractivity contribution < 1.29 is 0 Å². The quantitative estimate of drug-likeness (QED) is 0.214. The zero-order valence-corrected chi connectivity index (χ0v) is 23.1. The van der Waals surface area contributed by atoms with Gasteiger partial charge in [-0.3, -0.25) is 0 Å². The van der Waals surface area contributed by atoms with Gasteiger partial charge in [-0.15, -0.1) is 0 Å². The van der Waals surface area contributed by atoms with E-state index in [2.05, 4.69) is 135 Å². The summed E-state index contributed by atoms with van der Waals surface area (Å²) in [7, 11) is 0. The van der Waals surface area contributed by atoms with Crippen LogP contribution in [0, 0.1) is 23.7 Å². The maximum Gasteiger partial charge on any atom is 0.0245 e. The summed E-state index contributed by atoms with van der Waals surface area (Å²) in [6, 6.07) is 33.3. The van der Waals surface area contributed by atoms with Crippen LogP contribution in [0.3, 0.4) is 0 Å². The summed E-state index contributed by atoms with van der Waals surface area (Å²) < 4.78 is 0. The second-order valence-electron chi connectivity index (χ2n) is 9.86. The third kappa shape index (κ3) is 7.51. The van der Waals surface area contributed by atoms with Crippen molar-refractivity contribution in [2.24, 2.45) is 0 Å². The van der Waals surface area contributed by atoms with Crippen molar-refractivity contribution in [2.45, 2.75) is 65.7 Å². The Kier molecular flexibility index (Phi) is 10.0. The minimum absolute atomic E-state index is 0.938. The Morgan fingerprint density at radius 2 is 0.842 bits per heavy atom. The summed E-state index contributed by atoms with van der Waals surface area (Å²) in [5, 5.41) is 0. The molecule has 0 aromatic heterocycles. The second kappa shape index (κ2) is 14.1. The molecule has 0 spiro atoms. The summed E-state index contributed by atoms with van der Waals surface area (Å²) >= 11 is 0. The van der Waals surface area contributed by atoms with E-state index < -0.39 is 0 Å². The summed E-state index contributed by atoms with van der Waals surface area (Å²) in [5.41, 5.74) is 10.9. The van der Waals surface area contributed by atoms with E-state index in [0.29, 0.717) is 0 Å².